The van der Waals surface area contributed by atoms with Gasteiger partial charge in [-0.05, 0) is 0 Å². The number of carbonyl (C=O) groups excluding carboxylic acids is 1. The Balaban J connectivity index is 3.90. The minimum Gasteiger partial charge on any atom is -0.624 e. The lowest BCUT2D eigenvalue weighted by Crippen LogP contribution is -2.08. The largest absolute Gasteiger partial charge is 0.783 e. The average Bonchev–Trinajstić information content (AvgIpc) is 2.17. The number of phosphoric ester groups is 1. The maximum Gasteiger partial charge on any atom is 0.783 e. The highest BCUT2D eigenvalue weighted by Crippen LogP contribution is 2.46. The summed E-state index contributed by atoms with van der Waals surface area (Å²) in [6, 6.07) is 0. The molecule has 0 amide bonds. The van der Waals surface area contributed by atoms with Crippen LogP contribution in [0.15, 0.2) is 12.3 Å². The van der Waals surface area contributed by atoms with Gasteiger partial charge in [0.15, 0.2) is 5.78 Å². The molecule has 0 aromatic heterocycles. The van der Waals surface area contributed by atoms with Crippen molar-refractivity contribution in [3.05, 3.63) is 12.3 Å². The summed E-state index contributed by atoms with van der Waals surface area (Å²) in [4.78, 5) is 10.6. The normalized spacial score (nSPS) is 10.8. The topological polar surface area (TPSA) is 71.1 Å². The second-order valence-electron chi connectivity index (χ2n) is 2.11. The van der Waals surface area contributed by atoms with Crippen molar-refractivity contribution in [1.82, 2.24) is 0 Å². The highest BCUT2D eigenvalue weighted by molar-refractivity contribution is 7.49. The van der Waals surface area contributed by atoms with Crippen LogP contribution in [0.2, 0.25) is 0 Å². The van der Waals surface area contributed by atoms with Crippen LogP contribution in [0.3, 0.4) is 0 Å². The Hall–Kier alpha value is -0.148. The van der Waals surface area contributed by atoms with Crippen LogP contribution in [0, 0.1) is 0 Å². The van der Waals surface area contributed by atoms with Gasteiger partial charge < -0.3 is 7.36 Å². The van der Waals surface area contributed by atoms with Crippen LogP contribution in [0.5, 0.6) is 0 Å². The van der Waals surface area contributed by atoms with Gasteiger partial charge in [0.25, 0.3) is 0 Å². The molecule has 8 heteroatoms. The summed E-state index contributed by atoms with van der Waals surface area (Å²) in [6.07, 6.45) is 0. The van der Waals surface area contributed by atoms with Crippen LogP contribution in [-0.4, -0.2) is 35.9 Å². The molecule has 0 unspecified atom stereocenters. The van der Waals surface area contributed by atoms with E-state index in [1.165, 1.54) is 21.1 Å². The number of ketones is 1. The lowest BCUT2D eigenvalue weighted by Gasteiger charge is -2.13. The van der Waals surface area contributed by atoms with Gasteiger partial charge in [0.05, 0.1) is 0 Å². The first-order valence-electron chi connectivity index (χ1n) is 3.53. The van der Waals surface area contributed by atoms with E-state index in [9.17, 15) is 9.36 Å². The average molecular weight is 237 g/mol. The Morgan fingerprint density at radius 1 is 1.36 bits per heavy atom. The van der Waals surface area contributed by atoms with E-state index in [0.29, 0.717) is 0 Å². The van der Waals surface area contributed by atoms with Gasteiger partial charge in [-0.25, -0.2) is 4.57 Å². The minimum atomic E-state index is -3.51. The van der Waals surface area contributed by atoms with Gasteiger partial charge in [0.1, 0.15) is 5.76 Å². The molecule has 0 bridgehead atoms. The Labute approximate surface area is 89.2 Å². The summed E-state index contributed by atoms with van der Waals surface area (Å²) in [5, 5.41) is 0. The van der Waals surface area contributed by atoms with Gasteiger partial charge in [-0.2, -0.15) is 0 Å². The summed E-state index contributed by atoms with van der Waals surface area (Å²) in [7, 11) is -1.14. The van der Waals surface area contributed by atoms with Crippen molar-refractivity contribution in [2.75, 3.05) is 14.2 Å². The zero-order valence-corrected chi connectivity index (χ0v) is 10.2. The number of phosphoric acid groups is 1. The summed E-state index contributed by atoms with van der Waals surface area (Å²) in [5.41, 5.74) is 0. The van der Waals surface area contributed by atoms with Crippen LogP contribution in [0.4, 0.5) is 0 Å². The molecular weight excluding hydrogens is 226 g/mol. The van der Waals surface area contributed by atoms with Gasteiger partial charge in [-0.15, -0.1) is 0 Å². The van der Waals surface area contributed by atoms with E-state index in [1.807, 2.05) is 0 Å². The second-order valence-corrected chi connectivity index (χ2v) is 5.01. The Morgan fingerprint density at radius 2 is 1.86 bits per heavy atom. The number of carbonyl (C=O) groups is 1. The van der Waals surface area contributed by atoms with E-state index in [-0.39, 0.29) is 11.5 Å². The highest BCUT2D eigenvalue weighted by atomic mass is 31.2. The van der Waals surface area contributed by atoms with Crippen molar-refractivity contribution in [3.63, 3.8) is 0 Å². The van der Waals surface area contributed by atoms with Gasteiger partial charge in [-0.1, -0.05) is 6.58 Å². The maximum absolute atomic E-state index is 11.3. The predicted molar refractivity (Wildman–Crippen MR) is 49.4 cm³/mol. The second kappa shape index (κ2) is 6.36. The van der Waals surface area contributed by atoms with Crippen molar-refractivity contribution in [2.45, 2.75) is 6.92 Å². The first kappa shape index (κ1) is 13.9. The minimum absolute atomic E-state index is 0.0428. The van der Waals surface area contributed by atoms with E-state index >= 15 is 0 Å². The monoisotopic (exact) mass is 237 g/mol. The molecule has 0 fully saturated rings. The van der Waals surface area contributed by atoms with Gasteiger partial charge in [0, 0.05) is 21.1 Å². The molecule has 1 radical (unpaired) electrons. The van der Waals surface area contributed by atoms with Crippen LogP contribution in [-0.2, 0) is 25.8 Å². The van der Waals surface area contributed by atoms with E-state index in [1.54, 1.807) is 0 Å². The van der Waals surface area contributed by atoms with Crippen LogP contribution < -0.4 is 0 Å². The molecule has 0 aliphatic carbocycles. The third kappa shape index (κ3) is 4.92. The Kier molecular flexibility index (Phi) is 6.29. The van der Waals surface area contributed by atoms with Gasteiger partial charge in [0.2, 0.25) is 0 Å². The number of hydrogen-bond donors (Lipinski definition) is 0. The molecule has 0 spiro atoms. The van der Waals surface area contributed by atoms with E-state index < -0.39 is 23.7 Å². The van der Waals surface area contributed by atoms with Gasteiger partial charge in [-0.3, -0.25) is 13.8 Å². The highest BCUT2D eigenvalue weighted by Gasteiger charge is 2.25. The Bertz CT molecular complexity index is 257. The van der Waals surface area contributed by atoms with E-state index in [2.05, 4.69) is 15.6 Å². The molecule has 0 aliphatic heterocycles. The molecule has 0 N–H and O–H groups in total. The van der Waals surface area contributed by atoms with Crippen molar-refractivity contribution in [1.29, 1.82) is 0 Å². The van der Waals surface area contributed by atoms with Crippen molar-refractivity contribution >= 4 is 29.5 Å². The summed E-state index contributed by atoms with van der Waals surface area (Å²) < 4.78 is 29.7. The van der Waals surface area contributed by atoms with Crippen LogP contribution in [0.25, 0.3) is 0 Å². The predicted octanol–water partition coefficient (Wildman–Crippen LogP) is 1.06. The fourth-order valence-electron chi connectivity index (χ4n) is 0.376. The lowest BCUT2D eigenvalue weighted by molar-refractivity contribution is -0.115. The molecule has 6 nitrogen and oxygen atoms in total. The zero-order chi connectivity index (χ0) is 11.2. The number of hydrogen-bond acceptors (Lipinski definition) is 6. The molecule has 0 heterocycles. The summed E-state index contributed by atoms with van der Waals surface area (Å²) in [6.45, 7) is 4.62. The molecule has 0 saturated heterocycles. The maximum atomic E-state index is 11.3. The molecule has 14 heavy (non-hydrogen) atoms. The van der Waals surface area contributed by atoms with Crippen molar-refractivity contribution in [2.24, 2.45) is 0 Å². The first-order valence-corrected chi connectivity index (χ1v) is 5.93. The smallest absolute Gasteiger partial charge is 0.624 e. The fourth-order valence-corrected chi connectivity index (χ4v) is 2.09. The Morgan fingerprint density at radius 3 is 2.21 bits per heavy atom. The molecular formula is C6H11AlO6P. The number of rotatable bonds is 7. The summed E-state index contributed by atoms with van der Waals surface area (Å²) in [5.74, 6) is -0.357. The molecule has 0 rings (SSSR count). The third-order valence-electron chi connectivity index (χ3n) is 1.20. The summed E-state index contributed by atoms with van der Waals surface area (Å²) >= 11 is -1.15. The standard InChI is InChI=1S/C4H6O2.C2H7O4P.Al/c1-3(5)4(2)6;1-5-7(3,4)6-2;/h5H,1H2,2H3;1-2H3,(H,3,4);/q;;+2/p-2. The van der Waals surface area contributed by atoms with E-state index in [0.717, 1.165) is 0 Å². The number of Topliss-reactive ketones (excluding diaryl/α,β-unsaturated/α-hetero) is 1. The van der Waals surface area contributed by atoms with Crippen molar-refractivity contribution in [3.8, 4) is 0 Å². The third-order valence-corrected chi connectivity index (χ3v) is 3.85. The van der Waals surface area contributed by atoms with Crippen LogP contribution in [0.1, 0.15) is 6.92 Å². The molecule has 0 aliphatic rings. The molecule has 0 saturated carbocycles. The van der Waals surface area contributed by atoms with Crippen LogP contribution >= 0.6 is 7.82 Å². The lowest BCUT2D eigenvalue weighted by atomic mass is 10.4. The fraction of sp³-hybridized carbons (Fsp3) is 0.500. The van der Waals surface area contributed by atoms with E-state index in [4.69, 9.17) is 7.36 Å². The molecule has 0 aromatic rings. The number of allylic oxidation sites excluding steroid dienone is 1. The zero-order valence-electron chi connectivity index (χ0n) is 8.18. The molecule has 79 valence electrons. The SMILES string of the molecule is C=C([O][Al][O]P(=O)(OC)OC)C(C)=O. The molecule has 0 atom stereocenters. The molecule has 0 aromatic carbocycles. The van der Waals surface area contributed by atoms with Crippen molar-refractivity contribution < 1.29 is 25.8 Å². The van der Waals surface area contributed by atoms with Gasteiger partial charge >= 0.3 is 23.7 Å². The first-order chi connectivity index (χ1) is 6.45. The quantitative estimate of drug-likeness (QED) is 0.285.